The van der Waals surface area contributed by atoms with Gasteiger partial charge in [-0.1, -0.05) is 18.2 Å². The van der Waals surface area contributed by atoms with Crippen LogP contribution in [0.25, 0.3) is 0 Å². The molecule has 0 radical (unpaired) electrons. The molecule has 5 heteroatoms. The van der Waals surface area contributed by atoms with Crippen LogP contribution in [0.4, 0.5) is 10.5 Å². The number of piperidine rings is 3. The molecule has 0 aliphatic carbocycles. The first-order chi connectivity index (χ1) is 13.7. The van der Waals surface area contributed by atoms with Crippen LogP contribution in [0.3, 0.4) is 0 Å². The van der Waals surface area contributed by atoms with Crippen LogP contribution in [0.1, 0.15) is 12.8 Å². The topological polar surface area (TPSA) is 53.6 Å². The molecule has 2 amide bonds. The van der Waals surface area contributed by atoms with Crippen molar-refractivity contribution in [1.29, 1.82) is 0 Å². The highest BCUT2D eigenvalue weighted by Gasteiger charge is 2.39. The van der Waals surface area contributed by atoms with Gasteiger partial charge in [-0.25, -0.2) is 4.79 Å². The molecule has 3 saturated heterocycles. The third-order valence-corrected chi connectivity index (χ3v) is 5.68. The number of carbonyl (C=O) groups is 1. The standard InChI is InChI=1S/C23H25N3O2/c1-2-17-16-26-13-12-18(17)14-20(26)15-24-23(27)25-19-8-10-22(11-9-19)28-21-6-4-3-5-7-21/h1,3-11,17-18,20H,12-16H2,(H2,24,25,27). The van der Waals surface area contributed by atoms with E-state index in [2.05, 4.69) is 21.5 Å². The summed E-state index contributed by atoms with van der Waals surface area (Å²) in [4.78, 5) is 14.7. The second-order valence-corrected chi connectivity index (χ2v) is 7.48. The molecular weight excluding hydrogens is 350 g/mol. The molecule has 2 aromatic rings. The maximum absolute atomic E-state index is 12.3. The summed E-state index contributed by atoms with van der Waals surface area (Å²) in [6.45, 7) is 2.69. The first kappa shape index (κ1) is 18.4. The summed E-state index contributed by atoms with van der Waals surface area (Å²) in [5.41, 5.74) is 0.732. The maximum Gasteiger partial charge on any atom is 0.319 e. The Labute approximate surface area is 166 Å². The van der Waals surface area contributed by atoms with E-state index in [0.717, 1.165) is 36.7 Å². The third-order valence-electron chi connectivity index (χ3n) is 5.68. The van der Waals surface area contributed by atoms with Crippen LogP contribution in [0.5, 0.6) is 11.5 Å². The Balaban J connectivity index is 1.25. The van der Waals surface area contributed by atoms with E-state index in [9.17, 15) is 4.79 Å². The fraction of sp³-hybridized carbons (Fsp3) is 0.348. The molecule has 3 heterocycles. The van der Waals surface area contributed by atoms with Gasteiger partial charge in [0, 0.05) is 30.7 Å². The number of hydrogen-bond acceptors (Lipinski definition) is 3. The number of carbonyl (C=O) groups excluding carboxylic acids is 1. The molecule has 3 aliphatic heterocycles. The Morgan fingerprint density at radius 1 is 1.14 bits per heavy atom. The average molecular weight is 375 g/mol. The van der Waals surface area contributed by atoms with E-state index in [4.69, 9.17) is 11.2 Å². The number of urea groups is 1. The SMILES string of the molecule is C#CC1CN2CCC1CC2CNC(=O)Nc1ccc(Oc2ccccc2)cc1. The van der Waals surface area contributed by atoms with E-state index in [0.29, 0.717) is 24.4 Å². The molecule has 3 fully saturated rings. The molecule has 4 atom stereocenters. The lowest BCUT2D eigenvalue weighted by atomic mass is 9.76. The number of nitrogens with zero attached hydrogens (tertiary/aromatic N) is 1. The highest BCUT2D eigenvalue weighted by atomic mass is 16.5. The third kappa shape index (κ3) is 4.29. The number of para-hydroxylation sites is 1. The van der Waals surface area contributed by atoms with Crippen molar-refractivity contribution in [3.8, 4) is 23.8 Å². The molecule has 4 unspecified atom stereocenters. The minimum atomic E-state index is -0.187. The van der Waals surface area contributed by atoms with Crippen molar-refractivity contribution < 1.29 is 9.53 Å². The van der Waals surface area contributed by atoms with Crippen molar-refractivity contribution in [2.45, 2.75) is 18.9 Å². The van der Waals surface area contributed by atoms with Crippen molar-refractivity contribution in [2.24, 2.45) is 11.8 Å². The lowest BCUT2D eigenvalue weighted by Crippen LogP contribution is -2.56. The number of rotatable bonds is 5. The van der Waals surface area contributed by atoms with Gasteiger partial charge in [-0.05, 0) is 61.7 Å². The summed E-state index contributed by atoms with van der Waals surface area (Å²) >= 11 is 0. The number of anilines is 1. The van der Waals surface area contributed by atoms with Crippen molar-refractivity contribution >= 4 is 11.7 Å². The van der Waals surface area contributed by atoms with Gasteiger partial charge in [-0.3, -0.25) is 4.90 Å². The van der Waals surface area contributed by atoms with E-state index in [1.165, 1.54) is 6.42 Å². The molecular formula is C23H25N3O2. The lowest BCUT2D eigenvalue weighted by molar-refractivity contribution is 0.0242. The first-order valence-electron chi connectivity index (χ1n) is 9.79. The zero-order valence-corrected chi connectivity index (χ0v) is 15.8. The fourth-order valence-electron chi connectivity index (χ4n) is 4.16. The van der Waals surface area contributed by atoms with Crippen LogP contribution in [0.15, 0.2) is 54.6 Å². The minimum absolute atomic E-state index is 0.187. The Bertz CT molecular complexity index is 844. The first-order valence-corrected chi connectivity index (χ1v) is 9.79. The van der Waals surface area contributed by atoms with E-state index in [1.807, 2.05) is 54.6 Å². The van der Waals surface area contributed by atoms with Crippen molar-refractivity contribution in [2.75, 3.05) is 25.0 Å². The molecule has 144 valence electrons. The minimum Gasteiger partial charge on any atom is -0.457 e. The van der Waals surface area contributed by atoms with Crippen molar-refractivity contribution in [3.63, 3.8) is 0 Å². The predicted octanol–water partition coefficient (Wildman–Crippen LogP) is 3.94. The van der Waals surface area contributed by atoms with Gasteiger partial charge in [-0.15, -0.1) is 12.3 Å². The number of ether oxygens (including phenoxy) is 1. The largest absolute Gasteiger partial charge is 0.457 e. The number of fused-ring (bicyclic) bond motifs is 3. The van der Waals surface area contributed by atoms with Crippen LogP contribution >= 0.6 is 0 Å². The molecule has 5 nitrogen and oxygen atoms in total. The second-order valence-electron chi connectivity index (χ2n) is 7.48. The van der Waals surface area contributed by atoms with E-state index in [-0.39, 0.29) is 6.03 Å². The number of benzene rings is 2. The van der Waals surface area contributed by atoms with Gasteiger partial charge < -0.3 is 15.4 Å². The molecule has 2 aromatic carbocycles. The summed E-state index contributed by atoms with van der Waals surface area (Å²) < 4.78 is 5.76. The second kappa shape index (κ2) is 8.37. The quantitative estimate of drug-likeness (QED) is 0.778. The molecule has 0 spiro atoms. The highest BCUT2D eigenvalue weighted by molar-refractivity contribution is 5.89. The van der Waals surface area contributed by atoms with Gasteiger partial charge in [0.2, 0.25) is 0 Å². The summed E-state index contributed by atoms with van der Waals surface area (Å²) in [5, 5.41) is 5.88. The molecule has 3 aliphatic rings. The highest BCUT2D eigenvalue weighted by Crippen LogP contribution is 2.35. The van der Waals surface area contributed by atoms with Crippen LogP contribution < -0.4 is 15.4 Å². The molecule has 2 bridgehead atoms. The van der Waals surface area contributed by atoms with E-state index >= 15 is 0 Å². The van der Waals surface area contributed by atoms with Gasteiger partial charge in [0.1, 0.15) is 11.5 Å². The number of amides is 2. The zero-order valence-electron chi connectivity index (χ0n) is 15.8. The van der Waals surface area contributed by atoms with Crippen LogP contribution in [-0.2, 0) is 0 Å². The fourth-order valence-corrected chi connectivity index (χ4v) is 4.16. The van der Waals surface area contributed by atoms with Gasteiger partial charge in [0.05, 0.1) is 0 Å². The summed E-state index contributed by atoms with van der Waals surface area (Å²) in [7, 11) is 0. The molecule has 28 heavy (non-hydrogen) atoms. The molecule has 0 saturated carbocycles. The van der Waals surface area contributed by atoms with Crippen molar-refractivity contribution in [1.82, 2.24) is 10.2 Å². The van der Waals surface area contributed by atoms with E-state index < -0.39 is 0 Å². The Morgan fingerprint density at radius 2 is 1.89 bits per heavy atom. The molecule has 2 N–H and O–H groups in total. The van der Waals surface area contributed by atoms with Crippen LogP contribution in [0.2, 0.25) is 0 Å². The van der Waals surface area contributed by atoms with E-state index in [1.54, 1.807) is 0 Å². The number of hydrogen-bond donors (Lipinski definition) is 2. The Kier molecular flexibility index (Phi) is 5.50. The normalized spacial score (nSPS) is 25.5. The average Bonchev–Trinajstić information content (AvgIpc) is 2.75. The monoisotopic (exact) mass is 375 g/mol. The van der Waals surface area contributed by atoms with Crippen molar-refractivity contribution in [3.05, 3.63) is 54.6 Å². The van der Waals surface area contributed by atoms with Crippen LogP contribution in [0, 0.1) is 24.2 Å². The summed E-state index contributed by atoms with van der Waals surface area (Å²) in [6.07, 6.45) is 7.88. The summed E-state index contributed by atoms with van der Waals surface area (Å²) in [5.74, 6) is 5.40. The zero-order chi connectivity index (χ0) is 19.3. The Morgan fingerprint density at radius 3 is 2.57 bits per heavy atom. The number of nitrogens with one attached hydrogen (secondary N) is 2. The molecule has 0 aromatic heterocycles. The smallest absolute Gasteiger partial charge is 0.319 e. The van der Waals surface area contributed by atoms with Gasteiger partial charge in [0.15, 0.2) is 0 Å². The van der Waals surface area contributed by atoms with Gasteiger partial charge in [0.25, 0.3) is 0 Å². The molecule has 5 rings (SSSR count). The van der Waals surface area contributed by atoms with Crippen LogP contribution in [-0.4, -0.2) is 36.6 Å². The van der Waals surface area contributed by atoms with Gasteiger partial charge >= 0.3 is 6.03 Å². The summed E-state index contributed by atoms with van der Waals surface area (Å²) in [6, 6.07) is 17.2. The number of terminal acetylenes is 1. The lowest BCUT2D eigenvalue weighted by Gasteiger charge is -2.48. The predicted molar refractivity (Wildman–Crippen MR) is 110 cm³/mol. The van der Waals surface area contributed by atoms with Gasteiger partial charge in [-0.2, -0.15) is 0 Å². The maximum atomic E-state index is 12.3. The Hall–Kier alpha value is -2.97.